The lowest BCUT2D eigenvalue weighted by Crippen LogP contribution is -2.35. The highest BCUT2D eigenvalue weighted by Crippen LogP contribution is 2.15. The SMILES string of the molecule is CC1CCN(CCCNC(=O)c2cc(N)cc(F)c2)CC1. The topological polar surface area (TPSA) is 58.4 Å². The molecule has 116 valence electrons. The van der Waals surface area contributed by atoms with Gasteiger partial charge in [-0.15, -0.1) is 0 Å². The Hall–Kier alpha value is -1.62. The van der Waals surface area contributed by atoms with E-state index in [1.807, 2.05) is 0 Å². The highest BCUT2D eigenvalue weighted by Gasteiger charge is 2.15. The lowest BCUT2D eigenvalue weighted by atomic mass is 9.99. The van der Waals surface area contributed by atoms with Gasteiger partial charge in [0.2, 0.25) is 0 Å². The molecule has 1 aliphatic heterocycles. The average Bonchev–Trinajstić information content (AvgIpc) is 2.44. The van der Waals surface area contributed by atoms with Crippen LogP contribution in [0.5, 0.6) is 0 Å². The number of nitrogens with one attached hydrogen (secondary N) is 1. The molecule has 0 radical (unpaired) electrons. The van der Waals surface area contributed by atoms with Crippen LogP contribution in [-0.4, -0.2) is 37.0 Å². The summed E-state index contributed by atoms with van der Waals surface area (Å²) in [6.07, 6.45) is 3.43. The molecule has 5 heteroatoms. The van der Waals surface area contributed by atoms with E-state index < -0.39 is 5.82 Å². The normalized spacial score (nSPS) is 16.9. The summed E-state index contributed by atoms with van der Waals surface area (Å²) in [5.41, 5.74) is 6.08. The minimum atomic E-state index is -0.484. The molecule has 1 fully saturated rings. The van der Waals surface area contributed by atoms with Crippen molar-refractivity contribution in [2.24, 2.45) is 5.92 Å². The number of hydrogen-bond acceptors (Lipinski definition) is 3. The molecule has 1 amide bonds. The van der Waals surface area contributed by atoms with Crippen LogP contribution in [0.2, 0.25) is 0 Å². The third-order valence-electron chi connectivity index (χ3n) is 4.00. The summed E-state index contributed by atoms with van der Waals surface area (Å²) in [6.45, 7) is 6.19. The molecular formula is C16H24FN3O. The van der Waals surface area contributed by atoms with E-state index in [2.05, 4.69) is 17.1 Å². The number of halogens is 1. The van der Waals surface area contributed by atoms with Crippen molar-refractivity contribution in [2.75, 3.05) is 31.9 Å². The Morgan fingerprint density at radius 1 is 1.38 bits per heavy atom. The molecule has 1 aromatic rings. The average molecular weight is 293 g/mol. The van der Waals surface area contributed by atoms with Gasteiger partial charge in [0.05, 0.1) is 0 Å². The van der Waals surface area contributed by atoms with Gasteiger partial charge in [-0.2, -0.15) is 0 Å². The van der Waals surface area contributed by atoms with Crippen molar-refractivity contribution < 1.29 is 9.18 Å². The third kappa shape index (κ3) is 5.01. The summed E-state index contributed by atoms with van der Waals surface area (Å²) in [5, 5.41) is 2.81. The van der Waals surface area contributed by atoms with Crippen molar-refractivity contribution in [3.05, 3.63) is 29.6 Å². The van der Waals surface area contributed by atoms with Gasteiger partial charge in [0.15, 0.2) is 0 Å². The van der Waals surface area contributed by atoms with Gasteiger partial charge in [0.1, 0.15) is 5.82 Å². The van der Waals surface area contributed by atoms with Gasteiger partial charge in [-0.1, -0.05) is 6.92 Å². The predicted octanol–water partition coefficient (Wildman–Crippen LogP) is 2.26. The lowest BCUT2D eigenvalue weighted by Gasteiger charge is -2.30. The van der Waals surface area contributed by atoms with E-state index in [0.29, 0.717) is 6.54 Å². The van der Waals surface area contributed by atoms with Gasteiger partial charge in [0.25, 0.3) is 5.91 Å². The number of anilines is 1. The lowest BCUT2D eigenvalue weighted by molar-refractivity contribution is 0.0950. The largest absolute Gasteiger partial charge is 0.399 e. The second kappa shape index (κ2) is 7.41. The van der Waals surface area contributed by atoms with Crippen LogP contribution in [0.4, 0.5) is 10.1 Å². The third-order valence-corrected chi connectivity index (χ3v) is 4.00. The highest BCUT2D eigenvalue weighted by atomic mass is 19.1. The number of rotatable bonds is 5. The van der Waals surface area contributed by atoms with E-state index in [1.165, 1.54) is 31.0 Å². The van der Waals surface area contributed by atoms with Gasteiger partial charge in [-0.3, -0.25) is 4.79 Å². The summed E-state index contributed by atoms with van der Waals surface area (Å²) in [6, 6.07) is 3.90. The molecule has 0 saturated carbocycles. The monoisotopic (exact) mass is 293 g/mol. The summed E-state index contributed by atoms with van der Waals surface area (Å²) >= 11 is 0. The van der Waals surface area contributed by atoms with Crippen molar-refractivity contribution in [3.8, 4) is 0 Å². The molecule has 0 spiro atoms. The van der Waals surface area contributed by atoms with Crippen LogP contribution in [0.25, 0.3) is 0 Å². The molecule has 0 bridgehead atoms. The van der Waals surface area contributed by atoms with Gasteiger partial charge >= 0.3 is 0 Å². The van der Waals surface area contributed by atoms with Crippen LogP contribution in [0, 0.1) is 11.7 Å². The number of piperidine rings is 1. The number of nitrogens with zero attached hydrogens (tertiary/aromatic N) is 1. The summed E-state index contributed by atoms with van der Waals surface area (Å²) in [7, 11) is 0. The molecule has 3 N–H and O–H groups in total. The fourth-order valence-electron chi connectivity index (χ4n) is 2.64. The molecule has 0 atom stereocenters. The summed E-state index contributed by atoms with van der Waals surface area (Å²) in [5.74, 6) is 0.0791. The zero-order valence-corrected chi connectivity index (χ0v) is 12.6. The summed E-state index contributed by atoms with van der Waals surface area (Å²) < 4.78 is 13.2. The maximum atomic E-state index is 13.2. The molecule has 1 saturated heterocycles. The first-order valence-electron chi connectivity index (χ1n) is 7.61. The van der Waals surface area contributed by atoms with Gasteiger partial charge in [0, 0.05) is 17.8 Å². The molecule has 4 nitrogen and oxygen atoms in total. The van der Waals surface area contributed by atoms with Crippen molar-refractivity contribution >= 4 is 11.6 Å². The molecule has 2 rings (SSSR count). The molecule has 0 aliphatic carbocycles. The second-order valence-corrected chi connectivity index (χ2v) is 5.91. The molecule has 0 aromatic heterocycles. The Bertz CT molecular complexity index is 464. The quantitative estimate of drug-likeness (QED) is 0.647. The highest BCUT2D eigenvalue weighted by molar-refractivity contribution is 5.95. The molecular weight excluding hydrogens is 269 g/mol. The summed E-state index contributed by atoms with van der Waals surface area (Å²) in [4.78, 5) is 14.3. The first-order valence-corrected chi connectivity index (χ1v) is 7.61. The first-order chi connectivity index (χ1) is 10.0. The zero-order chi connectivity index (χ0) is 15.2. The van der Waals surface area contributed by atoms with Crippen LogP contribution in [0.3, 0.4) is 0 Å². The molecule has 0 unspecified atom stereocenters. The number of amides is 1. The van der Waals surface area contributed by atoms with E-state index in [9.17, 15) is 9.18 Å². The van der Waals surface area contributed by atoms with E-state index in [0.717, 1.165) is 32.0 Å². The predicted molar refractivity (Wildman–Crippen MR) is 82.6 cm³/mol. The van der Waals surface area contributed by atoms with Crippen LogP contribution in [0.15, 0.2) is 18.2 Å². The van der Waals surface area contributed by atoms with Crippen LogP contribution >= 0.6 is 0 Å². The van der Waals surface area contributed by atoms with E-state index in [1.54, 1.807) is 0 Å². The Labute approximate surface area is 125 Å². The molecule has 1 aromatic carbocycles. The van der Waals surface area contributed by atoms with E-state index >= 15 is 0 Å². The fourth-order valence-corrected chi connectivity index (χ4v) is 2.64. The number of hydrogen-bond donors (Lipinski definition) is 2. The maximum Gasteiger partial charge on any atom is 0.251 e. The number of nitrogens with two attached hydrogens (primary N) is 1. The van der Waals surface area contributed by atoms with Crippen LogP contribution in [-0.2, 0) is 0 Å². The van der Waals surface area contributed by atoms with Crippen molar-refractivity contribution in [1.82, 2.24) is 10.2 Å². The zero-order valence-electron chi connectivity index (χ0n) is 12.6. The maximum absolute atomic E-state index is 13.2. The van der Waals surface area contributed by atoms with Crippen LogP contribution < -0.4 is 11.1 Å². The molecule has 1 heterocycles. The fraction of sp³-hybridized carbons (Fsp3) is 0.562. The minimum Gasteiger partial charge on any atom is -0.399 e. The van der Waals surface area contributed by atoms with E-state index in [4.69, 9.17) is 5.73 Å². The van der Waals surface area contributed by atoms with Crippen molar-refractivity contribution in [1.29, 1.82) is 0 Å². The number of carbonyl (C=O) groups is 1. The Morgan fingerprint density at radius 3 is 2.76 bits per heavy atom. The Morgan fingerprint density at radius 2 is 2.10 bits per heavy atom. The smallest absolute Gasteiger partial charge is 0.251 e. The number of nitrogen functional groups attached to an aromatic ring is 1. The van der Waals surface area contributed by atoms with Crippen LogP contribution in [0.1, 0.15) is 36.5 Å². The Kier molecular flexibility index (Phi) is 5.56. The Balaban J connectivity index is 1.69. The van der Waals surface area contributed by atoms with Gasteiger partial charge < -0.3 is 16.0 Å². The van der Waals surface area contributed by atoms with Gasteiger partial charge in [-0.25, -0.2) is 4.39 Å². The standard InChI is InChI=1S/C16H24FN3O/c1-12-3-7-20(8-4-12)6-2-5-19-16(21)13-9-14(17)11-15(18)10-13/h9-12H,2-8,18H2,1H3,(H,19,21). The number of carbonyl (C=O) groups excluding carboxylic acids is 1. The number of benzene rings is 1. The number of likely N-dealkylation sites (tertiary alicyclic amines) is 1. The molecule has 1 aliphatic rings. The molecule has 21 heavy (non-hydrogen) atoms. The van der Waals surface area contributed by atoms with Crippen molar-refractivity contribution in [2.45, 2.75) is 26.2 Å². The minimum absolute atomic E-state index is 0.266. The van der Waals surface area contributed by atoms with E-state index in [-0.39, 0.29) is 17.2 Å². The van der Waals surface area contributed by atoms with Gasteiger partial charge in [-0.05, 0) is 63.0 Å². The second-order valence-electron chi connectivity index (χ2n) is 5.91. The first kappa shape index (κ1) is 15.8. The van der Waals surface area contributed by atoms with Crippen molar-refractivity contribution in [3.63, 3.8) is 0 Å².